The van der Waals surface area contributed by atoms with Crippen molar-refractivity contribution >= 4 is 11.7 Å². The molecule has 1 aromatic rings. The molecule has 0 aliphatic heterocycles. The monoisotopic (exact) mass is 240 g/mol. The predicted molar refractivity (Wildman–Crippen MR) is 60.2 cm³/mol. The maximum absolute atomic E-state index is 11.8. The molecule has 0 saturated heterocycles. The van der Waals surface area contributed by atoms with Crippen LogP contribution < -0.4 is 11.1 Å². The number of rotatable bonds is 6. The molecule has 0 fully saturated rings. The Balaban J connectivity index is 2.53. The number of nitrogens with zero attached hydrogens (tertiary/aromatic N) is 2. The van der Waals surface area contributed by atoms with E-state index in [4.69, 9.17) is 10.9 Å². The Morgan fingerprint density at radius 3 is 3.06 bits per heavy atom. The minimum absolute atomic E-state index is 0.0792. The Kier molecular flexibility index (Phi) is 4.99. The van der Waals surface area contributed by atoms with E-state index in [1.807, 2.05) is 6.92 Å². The molecule has 0 aromatic carbocycles. The molecule has 0 spiro atoms. The van der Waals surface area contributed by atoms with Crippen LogP contribution in [0.25, 0.3) is 0 Å². The summed E-state index contributed by atoms with van der Waals surface area (Å²) >= 11 is 0. The molecule has 0 bridgehead atoms. The lowest BCUT2D eigenvalue weighted by atomic mass is 10.0. The van der Waals surface area contributed by atoms with E-state index in [2.05, 4.69) is 20.2 Å². The van der Waals surface area contributed by atoms with Crippen LogP contribution in [0.4, 0.5) is 0 Å². The van der Waals surface area contributed by atoms with Gasteiger partial charge in [-0.1, -0.05) is 23.7 Å². The van der Waals surface area contributed by atoms with E-state index < -0.39 is 5.92 Å². The average Bonchev–Trinajstić information content (AvgIpc) is 2.85. The molecular weight excluding hydrogens is 224 g/mol. The van der Waals surface area contributed by atoms with Crippen LogP contribution in [0.2, 0.25) is 0 Å². The number of nitrogens with two attached hydrogens (primary N) is 1. The third-order valence-corrected chi connectivity index (χ3v) is 2.30. The summed E-state index contributed by atoms with van der Waals surface area (Å²) in [5.41, 5.74) is 6.08. The molecule has 1 amide bonds. The summed E-state index contributed by atoms with van der Waals surface area (Å²) in [6.07, 6.45) is 2.72. The van der Waals surface area contributed by atoms with Crippen molar-refractivity contribution in [1.29, 1.82) is 0 Å². The molecule has 4 N–H and O–H groups in total. The molecule has 1 atom stereocenters. The fourth-order valence-electron chi connectivity index (χ4n) is 1.40. The lowest BCUT2D eigenvalue weighted by Gasteiger charge is -2.13. The van der Waals surface area contributed by atoms with E-state index in [0.29, 0.717) is 12.1 Å². The number of carbonyl (C=O) groups excluding carboxylic acids is 1. The van der Waals surface area contributed by atoms with Gasteiger partial charge in [0.05, 0.1) is 12.5 Å². The molecule has 0 saturated carbocycles. The number of nitrogens with one attached hydrogen (secondary N) is 1. The molecule has 0 aliphatic rings. The van der Waals surface area contributed by atoms with Crippen LogP contribution in [0.15, 0.2) is 22.0 Å². The van der Waals surface area contributed by atoms with Crippen LogP contribution in [0.1, 0.15) is 25.5 Å². The number of aromatic nitrogens is 1. The van der Waals surface area contributed by atoms with Gasteiger partial charge in [-0.15, -0.1) is 0 Å². The van der Waals surface area contributed by atoms with Crippen LogP contribution in [0.5, 0.6) is 0 Å². The first-order valence-corrected chi connectivity index (χ1v) is 5.33. The molecule has 7 heteroatoms. The van der Waals surface area contributed by atoms with Crippen molar-refractivity contribution < 1.29 is 14.5 Å². The van der Waals surface area contributed by atoms with Gasteiger partial charge in [0.2, 0.25) is 5.91 Å². The molecule has 17 heavy (non-hydrogen) atoms. The Morgan fingerprint density at radius 2 is 2.53 bits per heavy atom. The van der Waals surface area contributed by atoms with Gasteiger partial charge in [0.25, 0.3) is 0 Å². The number of carbonyl (C=O) groups is 1. The van der Waals surface area contributed by atoms with Crippen LogP contribution in [-0.2, 0) is 11.3 Å². The molecule has 1 aromatic heterocycles. The fourth-order valence-corrected chi connectivity index (χ4v) is 1.40. The van der Waals surface area contributed by atoms with Gasteiger partial charge in [0, 0.05) is 6.07 Å². The van der Waals surface area contributed by atoms with Crippen molar-refractivity contribution in [2.75, 3.05) is 0 Å². The summed E-state index contributed by atoms with van der Waals surface area (Å²) in [6.45, 7) is 2.18. The van der Waals surface area contributed by atoms with E-state index in [9.17, 15) is 4.79 Å². The average molecular weight is 240 g/mol. The van der Waals surface area contributed by atoms with Crippen molar-refractivity contribution in [1.82, 2.24) is 10.5 Å². The van der Waals surface area contributed by atoms with E-state index in [1.165, 1.54) is 6.26 Å². The maximum Gasteiger partial charge on any atom is 0.231 e. The number of hydrogen-bond donors (Lipinski definition) is 3. The Morgan fingerprint density at radius 1 is 1.76 bits per heavy atom. The lowest BCUT2D eigenvalue weighted by molar-refractivity contribution is -0.123. The molecule has 0 aliphatic carbocycles. The largest absolute Gasteiger partial charge is 0.409 e. The zero-order chi connectivity index (χ0) is 12.7. The smallest absolute Gasteiger partial charge is 0.231 e. The van der Waals surface area contributed by atoms with Gasteiger partial charge in [-0.2, -0.15) is 0 Å². The second-order valence-electron chi connectivity index (χ2n) is 3.57. The Labute approximate surface area is 98.6 Å². The molecular formula is C10H16N4O3. The standard InChI is InChI=1S/C10H16N4O3/c1-2-3-8(9(11)13-16)10(15)12-6-7-4-5-17-14-7/h4-5,8,16H,2-3,6H2,1H3,(H2,11,13)(H,12,15). The van der Waals surface area contributed by atoms with E-state index in [0.717, 1.165) is 6.42 Å². The molecule has 0 radical (unpaired) electrons. The minimum atomic E-state index is -0.614. The highest BCUT2D eigenvalue weighted by atomic mass is 16.5. The molecule has 7 nitrogen and oxygen atoms in total. The van der Waals surface area contributed by atoms with Gasteiger partial charge in [0.15, 0.2) is 5.84 Å². The second kappa shape index (κ2) is 6.51. The highest BCUT2D eigenvalue weighted by Gasteiger charge is 2.22. The minimum Gasteiger partial charge on any atom is -0.409 e. The summed E-state index contributed by atoms with van der Waals surface area (Å²) in [6, 6.07) is 1.65. The van der Waals surface area contributed by atoms with Crippen molar-refractivity contribution in [2.24, 2.45) is 16.8 Å². The van der Waals surface area contributed by atoms with Crippen molar-refractivity contribution in [3.05, 3.63) is 18.0 Å². The Hall–Kier alpha value is -2.05. The number of amides is 1. The van der Waals surface area contributed by atoms with Gasteiger partial charge in [-0.3, -0.25) is 4.79 Å². The van der Waals surface area contributed by atoms with Gasteiger partial charge in [0.1, 0.15) is 12.0 Å². The Bertz CT molecular complexity index is 375. The number of hydrogen-bond acceptors (Lipinski definition) is 5. The quantitative estimate of drug-likeness (QED) is 0.289. The zero-order valence-electron chi connectivity index (χ0n) is 9.59. The van der Waals surface area contributed by atoms with Gasteiger partial charge < -0.3 is 20.8 Å². The summed E-state index contributed by atoms with van der Waals surface area (Å²) in [7, 11) is 0. The fraction of sp³-hybridized carbons (Fsp3) is 0.500. The summed E-state index contributed by atoms with van der Waals surface area (Å²) < 4.78 is 4.63. The first kappa shape index (κ1) is 13.0. The predicted octanol–water partition coefficient (Wildman–Crippen LogP) is 0.454. The second-order valence-corrected chi connectivity index (χ2v) is 3.57. The first-order valence-electron chi connectivity index (χ1n) is 5.33. The highest BCUT2D eigenvalue weighted by Crippen LogP contribution is 2.07. The summed E-state index contributed by atoms with van der Waals surface area (Å²) in [5, 5.41) is 17.8. The van der Waals surface area contributed by atoms with Crippen molar-refractivity contribution in [3.8, 4) is 0 Å². The van der Waals surface area contributed by atoms with Crippen LogP contribution in [0, 0.1) is 5.92 Å². The maximum atomic E-state index is 11.8. The normalized spacial score (nSPS) is 13.4. The van der Waals surface area contributed by atoms with Crippen molar-refractivity contribution in [3.63, 3.8) is 0 Å². The van der Waals surface area contributed by atoms with E-state index in [-0.39, 0.29) is 18.3 Å². The molecule has 94 valence electrons. The van der Waals surface area contributed by atoms with Crippen molar-refractivity contribution in [2.45, 2.75) is 26.3 Å². The number of amidine groups is 1. The van der Waals surface area contributed by atoms with Gasteiger partial charge in [-0.05, 0) is 6.42 Å². The third-order valence-electron chi connectivity index (χ3n) is 2.30. The topological polar surface area (TPSA) is 114 Å². The van der Waals surface area contributed by atoms with E-state index in [1.54, 1.807) is 6.07 Å². The third kappa shape index (κ3) is 3.78. The van der Waals surface area contributed by atoms with Crippen LogP contribution in [0.3, 0.4) is 0 Å². The molecule has 1 rings (SSSR count). The van der Waals surface area contributed by atoms with Gasteiger partial charge >= 0.3 is 0 Å². The van der Waals surface area contributed by atoms with Crippen LogP contribution in [-0.4, -0.2) is 22.1 Å². The SMILES string of the molecule is CCCC(C(=O)NCc1ccon1)/C(N)=N/O. The summed E-state index contributed by atoms with van der Waals surface area (Å²) in [5.74, 6) is -0.980. The molecule has 1 heterocycles. The first-order chi connectivity index (χ1) is 8.19. The molecule has 1 unspecified atom stereocenters. The van der Waals surface area contributed by atoms with Crippen LogP contribution >= 0.6 is 0 Å². The van der Waals surface area contributed by atoms with E-state index >= 15 is 0 Å². The van der Waals surface area contributed by atoms with Gasteiger partial charge in [-0.25, -0.2) is 0 Å². The highest BCUT2D eigenvalue weighted by molar-refractivity contribution is 6.01. The lowest BCUT2D eigenvalue weighted by Crippen LogP contribution is -2.38. The number of oxime groups is 1. The summed E-state index contributed by atoms with van der Waals surface area (Å²) in [4.78, 5) is 11.8. The zero-order valence-corrected chi connectivity index (χ0v) is 9.59.